The van der Waals surface area contributed by atoms with Gasteiger partial charge in [0.1, 0.15) is 0 Å². The van der Waals surface area contributed by atoms with E-state index in [1.54, 1.807) is 0 Å². The summed E-state index contributed by atoms with van der Waals surface area (Å²) in [6, 6.07) is 0. The minimum absolute atomic E-state index is 0. The Labute approximate surface area is 141 Å². The van der Waals surface area contributed by atoms with E-state index >= 15 is 0 Å². The molecule has 0 atom stereocenters. The predicted octanol–water partition coefficient (Wildman–Crippen LogP) is -4.30. The summed E-state index contributed by atoms with van der Waals surface area (Å²) in [7, 11) is 0. The molecule has 0 aromatic carbocycles. The topological polar surface area (TPSA) is 189 Å². The van der Waals surface area contributed by atoms with Gasteiger partial charge in [0, 0.05) is 24.8 Å². The third kappa shape index (κ3) is 10.6. The van der Waals surface area contributed by atoms with Gasteiger partial charge in [-0.1, -0.05) is 0 Å². The second-order valence-corrected chi connectivity index (χ2v) is 2.79. The van der Waals surface area contributed by atoms with Crippen molar-refractivity contribution in [1.82, 2.24) is 19.9 Å². The van der Waals surface area contributed by atoms with Crippen molar-refractivity contribution in [1.29, 1.82) is 0 Å². The first kappa shape index (κ1) is 28.1. The SMILES string of the molecule is O.O.O=C(O)c1cnccn1.O=C(O)c1cnccn1.[Cl-].[Cu+2]. The molecule has 2 aromatic rings. The smallest absolute Gasteiger partial charge is 1.00 e. The van der Waals surface area contributed by atoms with Crippen molar-refractivity contribution < 1.29 is 60.2 Å². The summed E-state index contributed by atoms with van der Waals surface area (Å²) >= 11 is 0. The summed E-state index contributed by atoms with van der Waals surface area (Å²) in [5.41, 5.74) is -0.0602. The van der Waals surface area contributed by atoms with Crippen LogP contribution in [0.15, 0.2) is 37.2 Å². The maximum absolute atomic E-state index is 10.1. The number of rotatable bonds is 2. The fourth-order valence-corrected chi connectivity index (χ4v) is 0.819. The van der Waals surface area contributed by atoms with Crippen molar-refractivity contribution in [3.05, 3.63) is 48.6 Å². The van der Waals surface area contributed by atoms with Crippen LogP contribution < -0.4 is 12.4 Å². The number of carboxylic acids is 2. The molecule has 0 fully saturated rings. The Kier molecular flexibility index (Phi) is 19.4. The zero-order valence-corrected chi connectivity index (χ0v) is 12.3. The summed E-state index contributed by atoms with van der Waals surface area (Å²) < 4.78 is 0. The third-order valence-electron chi connectivity index (χ3n) is 1.56. The van der Waals surface area contributed by atoms with Crippen LogP contribution in [0.4, 0.5) is 0 Å². The molecule has 10 nitrogen and oxygen atoms in total. The number of nitrogens with zero attached hydrogens (tertiary/aromatic N) is 4. The zero-order chi connectivity index (χ0) is 13.4. The van der Waals surface area contributed by atoms with E-state index in [4.69, 9.17) is 10.2 Å². The molecule has 0 spiro atoms. The Hall–Kier alpha value is -2.17. The van der Waals surface area contributed by atoms with Crippen molar-refractivity contribution in [2.24, 2.45) is 0 Å². The maximum atomic E-state index is 10.1. The van der Waals surface area contributed by atoms with Crippen LogP contribution in [0.2, 0.25) is 0 Å². The summed E-state index contributed by atoms with van der Waals surface area (Å²) in [6.07, 6.45) is 7.91. The van der Waals surface area contributed by atoms with E-state index < -0.39 is 11.9 Å². The van der Waals surface area contributed by atoms with Crippen molar-refractivity contribution >= 4 is 11.9 Å². The normalized spacial score (nSPS) is 7.27. The summed E-state index contributed by atoms with van der Waals surface area (Å²) in [5.74, 6) is -2.11. The van der Waals surface area contributed by atoms with Gasteiger partial charge in [-0.15, -0.1) is 0 Å². The van der Waals surface area contributed by atoms with Crippen molar-refractivity contribution in [2.45, 2.75) is 0 Å². The average Bonchev–Trinajstić information content (AvgIpc) is 2.41. The minimum atomic E-state index is -1.05. The fraction of sp³-hybridized carbons (Fsp3) is 0. The molecule has 0 aliphatic heterocycles. The number of halogens is 1. The van der Waals surface area contributed by atoms with E-state index in [1.807, 2.05) is 0 Å². The van der Waals surface area contributed by atoms with Crippen LogP contribution in [0.3, 0.4) is 0 Å². The van der Waals surface area contributed by atoms with Gasteiger partial charge < -0.3 is 33.6 Å². The zero-order valence-electron chi connectivity index (χ0n) is 10.6. The van der Waals surface area contributed by atoms with Crippen LogP contribution in [0, 0.1) is 0 Å². The molecule has 12 heteroatoms. The molecule has 2 heterocycles. The van der Waals surface area contributed by atoms with E-state index in [9.17, 15) is 9.59 Å². The van der Waals surface area contributed by atoms with Gasteiger partial charge in [0.25, 0.3) is 0 Å². The van der Waals surface area contributed by atoms with Crippen LogP contribution in [0.1, 0.15) is 21.0 Å². The number of aromatic nitrogens is 4. The van der Waals surface area contributed by atoms with Crippen LogP contribution in [0.5, 0.6) is 0 Å². The summed E-state index contributed by atoms with van der Waals surface area (Å²) in [5, 5.41) is 16.6. The van der Waals surface area contributed by atoms with E-state index in [0.29, 0.717) is 0 Å². The Bertz CT molecular complexity index is 484. The van der Waals surface area contributed by atoms with Gasteiger partial charge in [-0.3, -0.25) is 9.97 Å². The first-order valence-corrected chi connectivity index (χ1v) is 4.60. The van der Waals surface area contributed by atoms with Crippen LogP contribution >= 0.6 is 0 Å². The molecule has 1 radical (unpaired) electrons. The standard InChI is InChI=1S/2C5H4N2O2.ClH.Cu.2H2O/c2*8-5(9)4-3-6-1-2-7-4;;;;/h2*1-3H,(H,8,9);1H;;2*1H2/q;;;+2;;/p-1. The molecule has 2 rings (SSSR count). The molecule has 0 bridgehead atoms. The first-order chi connectivity index (χ1) is 8.61. The van der Waals surface area contributed by atoms with Gasteiger partial charge in [0.05, 0.1) is 12.4 Å². The van der Waals surface area contributed by atoms with Gasteiger partial charge in [-0.05, 0) is 0 Å². The Morgan fingerprint density at radius 1 is 0.773 bits per heavy atom. The van der Waals surface area contributed by atoms with Crippen LogP contribution in [0.25, 0.3) is 0 Å². The van der Waals surface area contributed by atoms with E-state index in [0.717, 1.165) is 0 Å². The molecule has 0 aliphatic rings. The quantitative estimate of drug-likeness (QED) is 0.487. The number of aromatic carboxylic acids is 2. The second kappa shape index (κ2) is 15.2. The second-order valence-electron chi connectivity index (χ2n) is 2.79. The number of hydrogen-bond donors (Lipinski definition) is 2. The van der Waals surface area contributed by atoms with E-state index in [1.165, 1.54) is 37.2 Å². The van der Waals surface area contributed by atoms with Gasteiger partial charge in [0.15, 0.2) is 11.4 Å². The molecule has 0 amide bonds. The molecule has 2 aromatic heterocycles. The van der Waals surface area contributed by atoms with Gasteiger partial charge in [-0.2, -0.15) is 0 Å². The van der Waals surface area contributed by atoms with Gasteiger partial charge in [-0.25, -0.2) is 19.6 Å². The molecule has 125 valence electrons. The molecule has 0 unspecified atom stereocenters. The van der Waals surface area contributed by atoms with Gasteiger partial charge in [0.2, 0.25) is 0 Å². The van der Waals surface area contributed by atoms with E-state index in [-0.39, 0.29) is 51.8 Å². The molecule has 0 saturated heterocycles. The summed E-state index contributed by atoms with van der Waals surface area (Å²) in [6.45, 7) is 0. The number of carbonyl (C=O) groups is 2. The summed E-state index contributed by atoms with van der Waals surface area (Å²) in [4.78, 5) is 34.4. The predicted molar refractivity (Wildman–Crippen MR) is 65.2 cm³/mol. The molecule has 22 heavy (non-hydrogen) atoms. The largest absolute Gasteiger partial charge is 2.00 e. The molecule has 0 saturated carbocycles. The van der Waals surface area contributed by atoms with E-state index in [2.05, 4.69) is 19.9 Å². The third-order valence-corrected chi connectivity index (χ3v) is 1.56. The van der Waals surface area contributed by atoms with Crippen LogP contribution in [-0.4, -0.2) is 53.0 Å². The molecular formula is C10H12ClCuN4O6+. The van der Waals surface area contributed by atoms with Crippen molar-refractivity contribution in [2.75, 3.05) is 0 Å². The average molecular weight is 383 g/mol. The number of hydrogen-bond acceptors (Lipinski definition) is 6. The Balaban J connectivity index is -0.000000125. The molecule has 0 aliphatic carbocycles. The van der Waals surface area contributed by atoms with Gasteiger partial charge >= 0.3 is 29.0 Å². The Morgan fingerprint density at radius 3 is 1.23 bits per heavy atom. The van der Waals surface area contributed by atoms with Crippen LogP contribution in [-0.2, 0) is 17.1 Å². The molecule has 6 N–H and O–H groups in total. The minimum Gasteiger partial charge on any atom is -1.00 e. The Morgan fingerprint density at radius 2 is 1.09 bits per heavy atom. The van der Waals surface area contributed by atoms with Crippen molar-refractivity contribution in [3.8, 4) is 0 Å². The monoisotopic (exact) mass is 382 g/mol. The fourth-order valence-electron chi connectivity index (χ4n) is 0.819. The number of carboxylic acid groups (broad SMARTS) is 2. The maximum Gasteiger partial charge on any atom is 2.00 e. The molecular weight excluding hydrogens is 371 g/mol. The first-order valence-electron chi connectivity index (χ1n) is 4.60. The van der Waals surface area contributed by atoms with Crippen molar-refractivity contribution in [3.63, 3.8) is 0 Å².